The Hall–Kier alpha value is -2.75. The van der Waals surface area contributed by atoms with Gasteiger partial charge in [-0.05, 0) is 37.6 Å². The van der Waals surface area contributed by atoms with Crippen molar-refractivity contribution in [2.24, 2.45) is 0 Å². The van der Waals surface area contributed by atoms with E-state index in [4.69, 9.17) is 18.9 Å². The normalized spacial score (nSPS) is 11.5. The van der Waals surface area contributed by atoms with Crippen LogP contribution in [0, 0.1) is 13.8 Å². The molecule has 2 heterocycles. The van der Waals surface area contributed by atoms with Gasteiger partial charge in [-0.3, -0.25) is 0 Å². The van der Waals surface area contributed by atoms with E-state index in [1.54, 1.807) is 14.2 Å². The smallest absolute Gasteiger partial charge is 0.162 e. The molecule has 0 radical (unpaired) electrons. The quantitative estimate of drug-likeness (QED) is 0.537. The van der Waals surface area contributed by atoms with Gasteiger partial charge in [0.1, 0.15) is 11.3 Å². The Bertz CT molecular complexity index is 1020. The molecule has 116 valence electrons. The third-order valence-corrected chi connectivity index (χ3v) is 4.27. The first-order chi connectivity index (χ1) is 11.1. The zero-order chi connectivity index (χ0) is 16.1. The molecule has 1 aliphatic heterocycles. The third kappa shape index (κ3) is 1.95. The summed E-state index contributed by atoms with van der Waals surface area (Å²) in [7, 11) is 3.27. The van der Waals surface area contributed by atoms with Crippen LogP contribution in [0.3, 0.4) is 0 Å². The predicted octanol–water partition coefficient (Wildman–Crippen LogP) is 4.72. The highest BCUT2D eigenvalue weighted by Crippen LogP contribution is 2.42. The van der Waals surface area contributed by atoms with Gasteiger partial charge in [-0.2, -0.15) is 0 Å². The third-order valence-electron chi connectivity index (χ3n) is 4.27. The lowest BCUT2D eigenvalue weighted by Gasteiger charge is -2.07. The Morgan fingerprint density at radius 1 is 0.913 bits per heavy atom. The van der Waals surface area contributed by atoms with E-state index in [-0.39, 0.29) is 0 Å². The van der Waals surface area contributed by atoms with Crippen LogP contribution in [0.1, 0.15) is 11.3 Å². The second-order valence-corrected chi connectivity index (χ2v) is 5.71. The molecule has 1 aliphatic carbocycles. The molecule has 0 spiro atoms. The Balaban J connectivity index is 2.21. The Labute approximate surface area is 134 Å². The molecule has 4 nitrogen and oxygen atoms in total. The van der Waals surface area contributed by atoms with Crippen LogP contribution in [0.25, 0.3) is 33.1 Å². The Kier molecular flexibility index (Phi) is 2.94. The van der Waals surface area contributed by atoms with Crippen LogP contribution in [0.4, 0.5) is 0 Å². The molecule has 0 saturated heterocycles. The minimum Gasteiger partial charge on any atom is -0.493 e. The number of furan rings is 1. The van der Waals surface area contributed by atoms with Gasteiger partial charge >= 0.3 is 0 Å². The van der Waals surface area contributed by atoms with E-state index in [0.29, 0.717) is 11.5 Å². The van der Waals surface area contributed by atoms with Gasteiger partial charge in [-0.15, -0.1) is 0 Å². The summed E-state index contributed by atoms with van der Waals surface area (Å²) in [6.07, 6.45) is 0. The van der Waals surface area contributed by atoms with Crippen LogP contribution in [0.15, 0.2) is 34.7 Å². The maximum Gasteiger partial charge on any atom is 0.162 e. The monoisotopic (exact) mass is 307 g/mol. The number of aryl methyl sites for hydroxylation is 2. The highest BCUT2D eigenvalue weighted by Gasteiger charge is 2.20. The standard InChI is InChI=1S/C19H17NO3/c1-10-5-6-14-18(19-12(10)7-11(2)23-19)13-8-16(21-3)17(22-4)9-15(13)20-14/h5-9H,1-4H3. The van der Waals surface area contributed by atoms with Gasteiger partial charge in [0.15, 0.2) is 11.5 Å². The van der Waals surface area contributed by atoms with E-state index in [1.165, 1.54) is 5.56 Å². The van der Waals surface area contributed by atoms with Crippen molar-refractivity contribution in [1.82, 2.24) is 4.98 Å². The Morgan fingerprint density at radius 3 is 2.39 bits per heavy atom. The topological polar surface area (TPSA) is 44.5 Å². The zero-order valence-corrected chi connectivity index (χ0v) is 13.6. The van der Waals surface area contributed by atoms with Gasteiger partial charge in [0.25, 0.3) is 0 Å². The molecular formula is C19H17NO3. The summed E-state index contributed by atoms with van der Waals surface area (Å²) >= 11 is 0. The van der Waals surface area contributed by atoms with E-state index >= 15 is 0 Å². The number of fused-ring (bicyclic) bond motifs is 5. The molecule has 0 bridgehead atoms. The highest BCUT2D eigenvalue weighted by atomic mass is 16.5. The lowest BCUT2D eigenvalue weighted by Crippen LogP contribution is -1.89. The summed E-state index contributed by atoms with van der Waals surface area (Å²) in [6.45, 7) is 4.05. The van der Waals surface area contributed by atoms with E-state index in [0.717, 1.165) is 38.9 Å². The van der Waals surface area contributed by atoms with Crippen molar-refractivity contribution in [2.45, 2.75) is 13.8 Å². The van der Waals surface area contributed by atoms with Crippen molar-refractivity contribution in [2.75, 3.05) is 14.2 Å². The molecule has 1 aromatic heterocycles. The van der Waals surface area contributed by atoms with Crippen molar-refractivity contribution in [3.05, 3.63) is 41.7 Å². The molecule has 0 N–H and O–H groups in total. The van der Waals surface area contributed by atoms with Crippen LogP contribution < -0.4 is 9.47 Å². The number of benzene rings is 1. The van der Waals surface area contributed by atoms with Gasteiger partial charge < -0.3 is 13.9 Å². The number of nitrogens with zero attached hydrogens (tertiary/aromatic N) is 1. The average Bonchev–Trinajstić information content (AvgIpc) is 3.07. The molecule has 4 heteroatoms. The van der Waals surface area contributed by atoms with Crippen LogP contribution in [-0.2, 0) is 0 Å². The fourth-order valence-corrected chi connectivity index (χ4v) is 3.13. The van der Waals surface area contributed by atoms with E-state index in [2.05, 4.69) is 19.1 Å². The molecule has 0 fully saturated rings. The fourth-order valence-electron chi connectivity index (χ4n) is 3.13. The number of rotatable bonds is 2. The van der Waals surface area contributed by atoms with Crippen molar-refractivity contribution >= 4 is 21.9 Å². The minimum atomic E-state index is 0.676. The molecule has 2 aromatic rings. The number of hydrogen-bond donors (Lipinski definition) is 0. The molecule has 23 heavy (non-hydrogen) atoms. The van der Waals surface area contributed by atoms with Crippen molar-refractivity contribution < 1.29 is 13.9 Å². The fraction of sp³-hybridized carbons (Fsp3) is 0.211. The van der Waals surface area contributed by atoms with Crippen LogP contribution >= 0.6 is 0 Å². The van der Waals surface area contributed by atoms with E-state index < -0.39 is 0 Å². The first-order valence-electron chi connectivity index (χ1n) is 7.47. The largest absolute Gasteiger partial charge is 0.493 e. The van der Waals surface area contributed by atoms with Crippen LogP contribution in [-0.4, -0.2) is 19.2 Å². The number of methoxy groups -OCH3 is 2. The van der Waals surface area contributed by atoms with Gasteiger partial charge in [-0.25, -0.2) is 4.98 Å². The maximum absolute atomic E-state index is 6.01. The van der Waals surface area contributed by atoms with Crippen molar-refractivity contribution in [3.63, 3.8) is 0 Å². The van der Waals surface area contributed by atoms with Gasteiger partial charge in [0, 0.05) is 16.8 Å². The summed E-state index contributed by atoms with van der Waals surface area (Å²) in [6, 6.07) is 10.1. The number of hydrogen-bond acceptors (Lipinski definition) is 4. The summed E-state index contributed by atoms with van der Waals surface area (Å²) < 4.78 is 16.8. The Morgan fingerprint density at radius 2 is 1.65 bits per heavy atom. The van der Waals surface area contributed by atoms with Gasteiger partial charge in [0.2, 0.25) is 0 Å². The molecule has 0 amide bonds. The van der Waals surface area contributed by atoms with Crippen molar-refractivity contribution in [1.29, 1.82) is 0 Å². The summed E-state index contributed by atoms with van der Waals surface area (Å²) in [5, 5.41) is 2.12. The number of aromatic nitrogens is 1. The minimum absolute atomic E-state index is 0.676. The number of ether oxygens (including phenoxy) is 2. The second-order valence-electron chi connectivity index (χ2n) is 5.71. The predicted molar refractivity (Wildman–Crippen MR) is 90.7 cm³/mol. The molecule has 2 aliphatic rings. The lowest BCUT2D eigenvalue weighted by atomic mass is 10.1. The van der Waals surface area contributed by atoms with Crippen LogP contribution in [0.2, 0.25) is 0 Å². The average molecular weight is 307 g/mol. The summed E-state index contributed by atoms with van der Waals surface area (Å²) in [5.74, 6) is 2.26. The van der Waals surface area contributed by atoms with Gasteiger partial charge in [0.05, 0.1) is 31.0 Å². The lowest BCUT2D eigenvalue weighted by molar-refractivity contribution is 0.356. The molecule has 0 atom stereocenters. The first-order valence-corrected chi connectivity index (χ1v) is 7.47. The molecular weight excluding hydrogens is 290 g/mol. The second kappa shape index (κ2) is 4.88. The first kappa shape index (κ1) is 13.9. The highest BCUT2D eigenvalue weighted by molar-refractivity contribution is 6.09. The van der Waals surface area contributed by atoms with Crippen molar-refractivity contribution in [3.8, 4) is 22.8 Å². The molecule has 0 unspecified atom stereocenters. The summed E-state index contributed by atoms with van der Waals surface area (Å²) in [5.41, 5.74) is 4.83. The van der Waals surface area contributed by atoms with Gasteiger partial charge in [-0.1, -0.05) is 6.07 Å². The molecule has 1 aromatic carbocycles. The molecule has 4 rings (SSSR count). The zero-order valence-electron chi connectivity index (χ0n) is 13.6. The van der Waals surface area contributed by atoms with E-state index in [9.17, 15) is 0 Å². The van der Waals surface area contributed by atoms with E-state index in [1.807, 2.05) is 25.1 Å². The summed E-state index contributed by atoms with van der Waals surface area (Å²) in [4.78, 5) is 4.74. The maximum atomic E-state index is 6.01. The SMILES string of the molecule is COc1cc2nc3ccc(C)c4cc(C)oc4c-3c2cc1OC. The molecule has 0 saturated carbocycles. The van der Waals surface area contributed by atoms with Crippen LogP contribution in [0.5, 0.6) is 11.5 Å².